The van der Waals surface area contributed by atoms with Gasteiger partial charge in [0.25, 0.3) is 0 Å². The Hall–Kier alpha value is -1.26. The number of urea groups is 1. The molecule has 122 valence electrons. The second kappa shape index (κ2) is 8.25. The SMILES string of the molecule is CCC1CCC(CNC(=O)NC(C)(C)CCC(=O)O)CC1. The smallest absolute Gasteiger partial charge is 0.315 e. The lowest BCUT2D eigenvalue weighted by molar-refractivity contribution is -0.137. The predicted octanol–water partition coefficient (Wildman–Crippen LogP) is 3.15. The fraction of sp³-hybridized carbons (Fsp3) is 0.875. The number of hydrogen-bond acceptors (Lipinski definition) is 2. The summed E-state index contributed by atoms with van der Waals surface area (Å²) in [5.74, 6) is 0.615. The van der Waals surface area contributed by atoms with Crippen LogP contribution in [0.4, 0.5) is 4.79 Å². The van der Waals surface area contributed by atoms with E-state index in [0.717, 1.165) is 12.5 Å². The summed E-state index contributed by atoms with van der Waals surface area (Å²) in [6, 6.07) is -0.192. The first-order valence-electron chi connectivity index (χ1n) is 8.10. The van der Waals surface area contributed by atoms with Crippen LogP contribution in [0.1, 0.15) is 65.7 Å². The van der Waals surface area contributed by atoms with Crippen LogP contribution in [-0.4, -0.2) is 29.2 Å². The summed E-state index contributed by atoms with van der Waals surface area (Å²) in [4.78, 5) is 22.5. The Morgan fingerprint density at radius 3 is 2.24 bits per heavy atom. The molecule has 3 N–H and O–H groups in total. The maximum absolute atomic E-state index is 11.9. The molecular weight excluding hydrogens is 268 g/mol. The fourth-order valence-electron chi connectivity index (χ4n) is 2.91. The average molecular weight is 298 g/mol. The highest BCUT2D eigenvalue weighted by Crippen LogP contribution is 2.30. The van der Waals surface area contributed by atoms with E-state index < -0.39 is 11.5 Å². The molecule has 1 aliphatic rings. The van der Waals surface area contributed by atoms with Crippen LogP contribution in [0.2, 0.25) is 0 Å². The van der Waals surface area contributed by atoms with E-state index in [9.17, 15) is 9.59 Å². The van der Waals surface area contributed by atoms with Crippen molar-refractivity contribution >= 4 is 12.0 Å². The summed E-state index contributed by atoms with van der Waals surface area (Å²) in [7, 11) is 0. The molecule has 1 aliphatic carbocycles. The van der Waals surface area contributed by atoms with Crippen molar-refractivity contribution < 1.29 is 14.7 Å². The number of aliphatic carboxylic acids is 1. The van der Waals surface area contributed by atoms with Gasteiger partial charge in [0.15, 0.2) is 0 Å². The van der Waals surface area contributed by atoms with Crippen LogP contribution in [0.3, 0.4) is 0 Å². The molecule has 1 saturated carbocycles. The van der Waals surface area contributed by atoms with Gasteiger partial charge in [0, 0.05) is 18.5 Å². The van der Waals surface area contributed by atoms with Gasteiger partial charge in [-0.15, -0.1) is 0 Å². The van der Waals surface area contributed by atoms with E-state index in [2.05, 4.69) is 17.6 Å². The molecule has 5 heteroatoms. The number of carbonyl (C=O) groups excluding carboxylic acids is 1. The average Bonchev–Trinajstić information content (AvgIpc) is 2.43. The van der Waals surface area contributed by atoms with E-state index in [4.69, 9.17) is 5.11 Å². The van der Waals surface area contributed by atoms with Crippen LogP contribution < -0.4 is 10.6 Å². The maximum atomic E-state index is 11.9. The Morgan fingerprint density at radius 2 is 1.71 bits per heavy atom. The zero-order valence-electron chi connectivity index (χ0n) is 13.6. The van der Waals surface area contributed by atoms with Crippen LogP contribution in [0.5, 0.6) is 0 Å². The highest BCUT2D eigenvalue weighted by Gasteiger charge is 2.23. The number of carboxylic acid groups (broad SMARTS) is 1. The van der Waals surface area contributed by atoms with Crippen molar-refractivity contribution in [2.75, 3.05) is 6.54 Å². The van der Waals surface area contributed by atoms with Gasteiger partial charge in [0.1, 0.15) is 0 Å². The molecule has 21 heavy (non-hydrogen) atoms. The van der Waals surface area contributed by atoms with Crippen molar-refractivity contribution in [1.82, 2.24) is 10.6 Å². The van der Waals surface area contributed by atoms with Crippen LogP contribution in [-0.2, 0) is 4.79 Å². The Morgan fingerprint density at radius 1 is 1.14 bits per heavy atom. The molecule has 1 fully saturated rings. The first-order chi connectivity index (χ1) is 9.82. The van der Waals surface area contributed by atoms with Gasteiger partial charge < -0.3 is 15.7 Å². The molecule has 0 heterocycles. The van der Waals surface area contributed by atoms with Crippen LogP contribution in [0, 0.1) is 11.8 Å². The molecule has 0 radical (unpaired) electrons. The minimum absolute atomic E-state index is 0.0638. The molecule has 0 aromatic heterocycles. The number of carboxylic acids is 1. The number of rotatable bonds is 7. The molecule has 5 nitrogen and oxygen atoms in total. The fourth-order valence-corrected chi connectivity index (χ4v) is 2.91. The summed E-state index contributed by atoms with van der Waals surface area (Å²) in [5, 5.41) is 14.5. The first kappa shape index (κ1) is 17.8. The largest absolute Gasteiger partial charge is 0.481 e. The monoisotopic (exact) mass is 298 g/mol. The first-order valence-corrected chi connectivity index (χ1v) is 8.10. The molecule has 0 bridgehead atoms. The van der Waals surface area contributed by atoms with Gasteiger partial charge in [-0.3, -0.25) is 4.79 Å². The van der Waals surface area contributed by atoms with E-state index in [1.807, 2.05) is 13.8 Å². The summed E-state index contributed by atoms with van der Waals surface area (Å²) in [5.41, 5.74) is -0.498. The molecule has 0 spiro atoms. The van der Waals surface area contributed by atoms with Crippen LogP contribution >= 0.6 is 0 Å². The van der Waals surface area contributed by atoms with Gasteiger partial charge in [0.05, 0.1) is 0 Å². The Kier molecular flexibility index (Phi) is 6.99. The van der Waals surface area contributed by atoms with Gasteiger partial charge in [0.2, 0.25) is 0 Å². The normalized spacial score (nSPS) is 22.6. The Bertz CT molecular complexity index is 347. The summed E-state index contributed by atoms with van der Waals surface area (Å²) >= 11 is 0. The molecule has 0 unspecified atom stereocenters. The van der Waals surface area contributed by atoms with Crippen molar-refractivity contribution in [3.63, 3.8) is 0 Å². The molecule has 0 aromatic rings. The summed E-state index contributed by atoms with van der Waals surface area (Å²) in [6.07, 6.45) is 6.69. The zero-order chi connectivity index (χ0) is 15.9. The van der Waals surface area contributed by atoms with Gasteiger partial charge in [-0.25, -0.2) is 4.79 Å². The molecule has 1 rings (SSSR count). The minimum Gasteiger partial charge on any atom is -0.481 e. The third-order valence-corrected chi connectivity index (χ3v) is 4.51. The second-order valence-electron chi connectivity index (χ2n) is 6.91. The van der Waals surface area contributed by atoms with Crippen molar-refractivity contribution in [3.05, 3.63) is 0 Å². The topological polar surface area (TPSA) is 78.4 Å². The Labute approximate surface area is 127 Å². The quantitative estimate of drug-likeness (QED) is 0.675. The van der Waals surface area contributed by atoms with Crippen molar-refractivity contribution in [1.29, 1.82) is 0 Å². The van der Waals surface area contributed by atoms with E-state index in [1.165, 1.54) is 32.1 Å². The van der Waals surface area contributed by atoms with Crippen molar-refractivity contribution in [3.8, 4) is 0 Å². The third kappa shape index (κ3) is 7.34. The second-order valence-corrected chi connectivity index (χ2v) is 6.91. The maximum Gasteiger partial charge on any atom is 0.315 e. The highest BCUT2D eigenvalue weighted by molar-refractivity contribution is 5.74. The molecule has 0 atom stereocenters. The van der Waals surface area contributed by atoms with E-state index in [1.54, 1.807) is 0 Å². The van der Waals surface area contributed by atoms with Gasteiger partial charge in [-0.05, 0) is 44.9 Å². The van der Waals surface area contributed by atoms with Crippen molar-refractivity contribution in [2.45, 2.75) is 71.3 Å². The summed E-state index contributed by atoms with van der Waals surface area (Å²) in [6.45, 7) is 6.66. The van der Waals surface area contributed by atoms with Gasteiger partial charge in [-0.1, -0.05) is 26.2 Å². The third-order valence-electron chi connectivity index (χ3n) is 4.51. The number of nitrogens with one attached hydrogen (secondary N) is 2. The lowest BCUT2D eigenvalue weighted by Crippen LogP contribution is -2.49. The van der Waals surface area contributed by atoms with Crippen LogP contribution in [0.15, 0.2) is 0 Å². The number of carbonyl (C=O) groups is 2. The van der Waals surface area contributed by atoms with E-state index in [0.29, 0.717) is 12.3 Å². The molecule has 0 saturated heterocycles. The van der Waals surface area contributed by atoms with Crippen LogP contribution in [0.25, 0.3) is 0 Å². The molecule has 0 aliphatic heterocycles. The summed E-state index contributed by atoms with van der Waals surface area (Å²) < 4.78 is 0. The van der Waals surface area contributed by atoms with Gasteiger partial charge >= 0.3 is 12.0 Å². The number of amides is 2. The lowest BCUT2D eigenvalue weighted by Gasteiger charge is -2.29. The van der Waals surface area contributed by atoms with E-state index >= 15 is 0 Å². The zero-order valence-corrected chi connectivity index (χ0v) is 13.6. The molecular formula is C16H30N2O3. The lowest BCUT2D eigenvalue weighted by atomic mass is 9.81. The molecule has 0 aromatic carbocycles. The number of hydrogen-bond donors (Lipinski definition) is 3. The highest BCUT2D eigenvalue weighted by atomic mass is 16.4. The predicted molar refractivity (Wildman–Crippen MR) is 83.2 cm³/mol. The minimum atomic E-state index is -0.835. The standard InChI is InChI=1S/C16H30N2O3/c1-4-12-5-7-13(8-6-12)11-17-15(21)18-16(2,3)10-9-14(19)20/h12-13H,4-11H2,1-3H3,(H,19,20)(H2,17,18,21). The van der Waals surface area contributed by atoms with Crippen molar-refractivity contribution in [2.24, 2.45) is 11.8 Å². The molecule has 2 amide bonds. The Balaban J connectivity index is 2.23. The van der Waals surface area contributed by atoms with E-state index in [-0.39, 0.29) is 12.5 Å². The van der Waals surface area contributed by atoms with Gasteiger partial charge in [-0.2, -0.15) is 0 Å².